The van der Waals surface area contributed by atoms with Crippen molar-refractivity contribution in [3.8, 4) is 66.8 Å². The van der Waals surface area contributed by atoms with Crippen LogP contribution in [-0.2, 0) is 10.8 Å². The fourth-order valence-electron chi connectivity index (χ4n) is 12.1. The minimum Gasteiger partial charge on any atom is -0.368 e. The number of benzene rings is 7. The van der Waals surface area contributed by atoms with E-state index in [0.29, 0.717) is 11.3 Å². The molecule has 1 atom stereocenters. The second kappa shape index (κ2) is 18.9. The van der Waals surface area contributed by atoms with Gasteiger partial charge in [-0.05, 0) is 144 Å². The van der Waals surface area contributed by atoms with E-state index in [0.717, 1.165) is 122 Å². The Hall–Kier alpha value is -9.31. The Morgan fingerprint density at radius 3 is 1.26 bits per heavy atom. The summed E-state index contributed by atoms with van der Waals surface area (Å²) in [6.07, 6.45) is 9.20. The molecule has 81 heavy (non-hydrogen) atoms. The van der Waals surface area contributed by atoms with E-state index in [2.05, 4.69) is 247 Å². The van der Waals surface area contributed by atoms with E-state index in [4.69, 9.17) is 4.99 Å². The molecule has 9 nitrogen and oxygen atoms in total. The summed E-state index contributed by atoms with van der Waals surface area (Å²) in [6, 6.07) is 59.8. The molecule has 0 bridgehead atoms. The molecule has 11 aromatic rings. The van der Waals surface area contributed by atoms with Gasteiger partial charge in [-0.15, -0.1) is 0 Å². The molecule has 398 valence electrons. The van der Waals surface area contributed by atoms with Crippen LogP contribution in [0.2, 0.25) is 0 Å². The van der Waals surface area contributed by atoms with E-state index in [1.807, 2.05) is 27.3 Å². The molecule has 0 fully saturated rings. The van der Waals surface area contributed by atoms with Crippen molar-refractivity contribution in [2.75, 3.05) is 0 Å². The third kappa shape index (κ3) is 9.08. The number of rotatable bonds is 6. The van der Waals surface area contributed by atoms with Crippen molar-refractivity contribution in [2.45, 2.75) is 79.4 Å². The van der Waals surface area contributed by atoms with Crippen LogP contribution in [0.5, 0.6) is 0 Å². The molecule has 0 amide bonds. The fraction of sp³-hybridized carbons (Fsp3) is 0.181. The molecule has 13 rings (SSSR count). The number of aliphatic hydroxyl groups is 1. The molecule has 0 aliphatic carbocycles. The second-order valence-corrected chi connectivity index (χ2v) is 24.7. The second-order valence-electron chi connectivity index (χ2n) is 24.7. The van der Waals surface area contributed by atoms with E-state index in [-0.39, 0.29) is 27.4 Å². The third-order valence-corrected chi connectivity index (χ3v) is 15.9. The molecule has 4 aromatic heterocycles. The summed E-state index contributed by atoms with van der Waals surface area (Å²) < 4.78 is 4.10. The Labute approximate surface area is 471 Å². The number of aliphatic imine (C=N–C) groups is 1. The van der Waals surface area contributed by atoms with Gasteiger partial charge >= 0.3 is 0 Å². The minimum atomic E-state index is -0.928. The van der Waals surface area contributed by atoms with Crippen LogP contribution < -0.4 is 11.1 Å². The monoisotopic (exact) mass is 1060 g/mol. The molecule has 7 aromatic carbocycles. The number of allylic oxidation sites excluding steroid dienone is 1. The van der Waals surface area contributed by atoms with Crippen LogP contribution in [0, 0.1) is 5.41 Å². The normalized spacial score (nSPS) is 14.6. The van der Waals surface area contributed by atoms with Crippen molar-refractivity contribution >= 4 is 44.8 Å². The van der Waals surface area contributed by atoms with Gasteiger partial charge in [0.25, 0.3) is 11.1 Å². The van der Waals surface area contributed by atoms with Gasteiger partial charge in [0.1, 0.15) is 17.1 Å². The van der Waals surface area contributed by atoms with Gasteiger partial charge in [-0.2, -0.15) is 9.97 Å². The molecular weight excluding hydrogens is 997 g/mol. The molecule has 2 aliphatic rings. The molecule has 0 spiro atoms. The average molecular weight is 1060 g/mol. The smallest absolute Gasteiger partial charge is 0.273 e. The van der Waals surface area contributed by atoms with Gasteiger partial charge in [-0.3, -0.25) is 9.59 Å². The molecule has 0 radical (unpaired) electrons. The van der Waals surface area contributed by atoms with Crippen molar-refractivity contribution in [2.24, 2.45) is 10.4 Å². The highest BCUT2D eigenvalue weighted by molar-refractivity contribution is 6.07. The van der Waals surface area contributed by atoms with Crippen LogP contribution in [0.15, 0.2) is 215 Å². The van der Waals surface area contributed by atoms with Gasteiger partial charge in [-0.1, -0.05) is 172 Å². The van der Waals surface area contributed by atoms with Crippen LogP contribution in [-0.4, -0.2) is 40.8 Å². The Balaban J connectivity index is 0.980. The van der Waals surface area contributed by atoms with Crippen LogP contribution in [0.1, 0.15) is 84.8 Å². The zero-order valence-electron chi connectivity index (χ0n) is 47.1. The van der Waals surface area contributed by atoms with Gasteiger partial charge in [0.2, 0.25) is 0 Å². The van der Waals surface area contributed by atoms with Gasteiger partial charge < -0.3 is 18.8 Å². The minimum absolute atomic E-state index is 0.207. The van der Waals surface area contributed by atoms with Crippen LogP contribution >= 0.6 is 0 Å². The molecule has 0 saturated heterocycles. The van der Waals surface area contributed by atoms with Crippen molar-refractivity contribution in [3.63, 3.8) is 0 Å². The first-order valence-electron chi connectivity index (χ1n) is 27.7. The topological polar surface area (TPSA) is 105 Å². The zero-order chi connectivity index (χ0) is 56.3. The average Bonchev–Trinajstić information content (AvgIpc) is 3.58. The Kier molecular flexibility index (Phi) is 12.0. The number of nitrogens with zero attached hydrogens (tertiary/aromatic N) is 6. The maximum Gasteiger partial charge on any atom is 0.273 e. The Morgan fingerprint density at radius 2 is 0.840 bits per heavy atom. The maximum atomic E-state index is 13.1. The molecule has 1 N–H and O–H groups in total. The standard InChI is InChI=1S/C72H62N6O3/c1-70(2,3)61-40-64(79)73-67-58-25-22-43(34-46(58)28-31-76(61)67)52-16-10-13-19-55(52)49-37-50(56-20-14-11-17-53(56)44-23-26-59-47(35-44)29-32-77-62(71(4,5)6)41-65(80)74-68(59)77)39-51(38-49)57-21-15-12-18-54(57)45-24-27-60-48(36-45)30-33-78-63(72(7,8)9)42-66(81)75-69(60)78/h10-42,64,79H,1-9H3. The van der Waals surface area contributed by atoms with Crippen molar-refractivity contribution in [3.05, 3.63) is 243 Å². The van der Waals surface area contributed by atoms with Gasteiger partial charge in [0.05, 0.1) is 0 Å². The summed E-state index contributed by atoms with van der Waals surface area (Å²) in [7, 11) is 0. The predicted octanol–water partition coefficient (Wildman–Crippen LogP) is 15.9. The Bertz CT molecular complexity index is 4460. The lowest BCUT2D eigenvalue weighted by atomic mass is 9.85. The van der Waals surface area contributed by atoms with Crippen molar-refractivity contribution in [1.82, 2.24) is 23.7 Å². The summed E-state index contributed by atoms with van der Waals surface area (Å²) in [4.78, 5) is 42.1. The van der Waals surface area contributed by atoms with Gasteiger partial charge in [-0.25, -0.2) is 4.99 Å². The number of hydrogen-bond acceptors (Lipinski definition) is 7. The first kappa shape index (κ1) is 51.1. The Morgan fingerprint density at radius 1 is 0.432 bits per heavy atom. The lowest BCUT2D eigenvalue weighted by Crippen LogP contribution is -2.38. The summed E-state index contributed by atoms with van der Waals surface area (Å²) in [5.41, 5.74) is 17.6. The molecule has 1 unspecified atom stereocenters. The number of hydrogen-bond donors (Lipinski definition) is 1. The van der Waals surface area contributed by atoms with E-state index in [9.17, 15) is 14.7 Å². The lowest BCUT2D eigenvalue weighted by Gasteiger charge is -2.38. The third-order valence-electron chi connectivity index (χ3n) is 15.9. The molecule has 9 heteroatoms. The highest BCUT2D eigenvalue weighted by atomic mass is 16.3. The number of aliphatic hydroxyl groups excluding tert-OH is 1. The van der Waals surface area contributed by atoms with Crippen LogP contribution in [0.3, 0.4) is 0 Å². The van der Waals surface area contributed by atoms with E-state index >= 15 is 0 Å². The zero-order valence-corrected chi connectivity index (χ0v) is 47.1. The molecule has 2 aliphatic heterocycles. The van der Waals surface area contributed by atoms with E-state index < -0.39 is 6.23 Å². The van der Waals surface area contributed by atoms with Gasteiger partial charge in [0.15, 0.2) is 6.23 Å². The van der Waals surface area contributed by atoms with E-state index in [1.54, 1.807) is 12.1 Å². The lowest BCUT2D eigenvalue weighted by molar-refractivity contribution is 0.219. The summed E-state index contributed by atoms with van der Waals surface area (Å²) in [6.45, 7) is 19.2. The predicted molar refractivity (Wildman–Crippen MR) is 332 cm³/mol. The number of fused-ring (bicyclic) bond motifs is 9. The van der Waals surface area contributed by atoms with E-state index in [1.165, 1.54) is 0 Å². The molecule has 6 heterocycles. The van der Waals surface area contributed by atoms with Crippen LogP contribution in [0.25, 0.3) is 106 Å². The first-order chi connectivity index (χ1) is 38.7. The molecule has 0 saturated carbocycles. The number of aromatic nitrogens is 4. The largest absolute Gasteiger partial charge is 0.368 e. The maximum absolute atomic E-state index is 13.1. The summed E-state index contributed by atoms with van der Waals surface area (Å²) in [5.74, 6) is 0.741. The quantitative estimate of drug-likeness (QED) is 0.166. The first-order valence-corrected chi connectivity index (χ1v) is 27.7. The van der Waals surface area contributed by atoms with Crippen LogP contribution in [0.4, 0.5) is 0 Å². The highest BCUT2D eigenvalue weighted by Crippen LogP contribution is 2.45. The van der Waals surface area contributed by atoms with Gasteiger partial charge in [0, 0.05) is 80.4 Å². The highest BCUT2D eigenvalue weighted by Gasteiger charge is 2.33. The fourth-order valence-corrected chi connectivity index (χ4v) is 12.1. The molecular formula is C72H62N6O3. The number of amidine groups is 1. The number of pyridine rings is 2. The van der Waals surface area contributed by atoms with Crippen molar-refractivity contribution < 1.29 is 5.11 Å². The summed E-state index contributed by atoms with van der Waals surface area (Å²) in [5, 5.41) is 14.8. The summed E-state index contributed by atoms with van der Waals surface area (Å²) >= 11 is 0. The SMILES string of the molecule is CC(C)(C)C1=CC(O)N=C2c3ccc(-c4ccccc4-c4cc(-c5ccccc5-c5ccc6c(ccn7c(C(C)(C)C)cc(=O)nc67)c5)cc(-c5ccccc5-c5ccc6c(ccn7c(C(C)(C)C)cc(=O)nc67)c5)c4)cc3C=CN12. The van der Waals surface area contributed by atoms with Crippen molar-refractivity contribution in [1.29, 1.82) is 0 Å².